The number of likely N-dealkylation sites (N-methyl/N-ethyl adjacent to an activating group) is 1. The van der Waals surface area contributed by atoms with Gasteiger partial charge in [-0.2, -0.15) is 0 Å². The molecule has 1 amide bonds. The van der Waals surface area contributed by atoms with Crippen LogP contribution in [0.4, 0.5) is 0 Å². The van der Waals surface area contributed by atoms with Gasteiger partial charge in [0.15, 0.2) is 12.4 Å². The van der Waals surface area contributed by atoms with Crippen molar-refractivity contribution in [1.29, 1.82) is 0 Å². The standard InChI is InChI=1S/C26H25NO4/c1-27(2)26(29)19-31-24-15-11-22(12-16-24)25(28)17-10-20-8-13-23(14-9-20)30-18-21-6-4-3-5-7-21/h3-17H,18-19H2,1-2H3. The molecule has 0 unspecified atom stereocenters. The van der Waals surface area contributed by atoms with Gasteiger partial charge in [0.2, 0.25) is 0 Å². The Bertz CT molecular complexity index is 1020. The molecule has 0 fully saturated rings. The molecule has 0 aliphatic carbocycles. The maximum Gasteiger partial charge on any atom is 0.259 e. The summed E-state index contributed by atoms with van der Waals surface area (Å²) in [6.07, 6.45) is 3.30. The van der Waals surface area contributed by atoms with Crippen molar-refractivity contribution >= 4 is 17.8 Å². The van der Waals surface area contributed by atoms with Crippen molar-refractivity contribution in [3.8, 4) is 11.5 Å². The van der Waals surface area contributed by atoms with E-state index in [0.717, 1.165) is 16.9 Å². The van der Waals surface area contributed by atoms with Gasteiger partial charge >= 0.3 is 0 Å². The number of benzene rings is 3. The Morgan fingerprint density at radius 1 is 0.806 bits per heavy atom. The number of ketones is 1. The second-order valence-corrected chi connectivity index (χ2v) is 7.14. The molecular weight excluding hydrogens is 390 g/mol. The van der Waals surface area contributed by atoms with Crippen molar-refractivity contribution in [2.45, 2.75) is 6.61 Å². The molecule has 0 saturated heterocycles. The molecule has 0 atom stereocenters. The lowest BCUT2D eigenvalue weighted by Crippen LogP contribution is -2.27. The molecule has 31 heavy (non-hydrogen) atoms. The summed E-state index contributed by atoms with van der Waals surface area (Å²) in [7, 11) is 3.34. The molecule has 5 nitrogen and oxygen atoms in total. The molecule has 5 heteroatoms. The van der Waals surface area contributed by atoms with Gasteiger partial charge in [0.25, 0.3) is 5.91 Å². The van der Waals surface area contributed by atoms with Crippen molar-refractivity contribution in [2.24, 2.45) is 0 Å². The highest BCUT2D eigenvalue weighted by Gasteiger charge is 2.06. The molecule has 158 valence electrons. The highest BCUT2D eigenvalue weighted by atomic mass is 16.5. The van der Waals surface area contributed by atoms with Crippen molar-refractivity contribution in [1.82, 2.24) is 4.90 Å². The fraction of sp³-hybridized carbons (Fsp3) is 0.154. The van der Waals surface area contributed by atoms with Crippen LogP contribution in [0.25, 0.3) is 6.08 Å². The topological polar surface area (TPSA) is 55.8 Å². The van der Waals surface area contributed by atoms with E-state index in [1.54, 1.807) is 44.4 Å². The number of rotatable bonds is 9. The largest absolute Gasteiger partial charge is 0.489 e. The van der Waals surface area contributed by atoms with Crippen LogP contribution in [-0.2, 0) is 11.4 Å². The Kier molecular flexibility index (Phi) is 7.60. The molecular formula is C26H25NO4. The minimum absolute atomic E-state index is 0.0365. The predicted molar refractivity (Wildman–Crippen MR) is 121 cm³/mol. The maximum absolute atomic E-state index is 12.4. The second kappa shape index (κ2) is 10.8. The zero-order valence-corrected chi connectivity index (χ0v) is 17.7. The van der Waals surface area contributed by atoms with E-state index in [1.165, 1.54) is 11.0 Å². The molecule has 3 aromatic carbocycles. The average molecular weight is 415 g/mol. The molecule has 0 aromatic heterocycles. The molecule has 0 N–H and O–H groups in total. The fourth-order valence-electron chi connectivity index (χ4n) is 2.67. The molecule has 0 heterocycles. The monoisotopic (exact) mass is 415 g/mol. The van der Waals surface area contributed by atoms with Crippen LogP contribution in [0.15, 0.2) is 84.9 Å². The number of nitrogens with zero attached hydrogens (tertiary/aromatic N) is 1. The fourth-order valence-corrected chi connectivity index (χ4v) is 2.67. The summed E-state index contributed by atoms with van der Waals surface area (Å²) in [5.41, 5.74) is 2.56. The van der Waals surface area contributed by atoms with E-state index < -0.39 is 0 Å². The number of ether oxygens (including phenoxy) is 2. The summed E-state index contributed by atoms with van der Waals surface area (Å²) in [6, 6.07) is 24.3. The van der Waals surface area contributed by atoms with Crippen LogP contribution < -0.4 is 9.47 Å². The van der Waals surface area contributed by atoms with E-state index in [2.05, 4.69) is 0 Å². The highest BCUT2D eigenvalue weighted by Crippen LogP contribution is 2.16. The Morgan fingerprint density at radius 3 is 2.06 bits per heavy atom. The number of carbonyl (C=O) groups is 2. The van der Waals surface area contributed by atoms with Gasteiger partial charge in [-0.25, -0.2) is 0 Å². The first-order valence-electron chi connectivity index (χ1n) is 9.93. The summed E-state index contributed by atoms with van der Waals surface area (Å²) >= 11 is 0. The Balaban J connectivity index is 1.51. The van der Waals surface area contributed by atoms with Crippen LogP contribution in [0.2, 0.25) is 0 Å². The van der Waals surface area contributed by atoms with Gasteiger partial charge in [-0.05, 0) is 53.6 Å². The maximum atomic E-state index is 12.4. The summed E-state index contributed by atoms with van der Waals surface area (Å²) in [5, 5.41) is 0. The van der Waals surface area contributed by atoms with Crippen LogP contribution in [0.3, 0.4) is 0 Å². The quantitative estimate of drug-likeness (QED) is 0.378. The van der Waals surface area contributed by atoms with Crippen molar-refractivity contribution in [3.63, 3.8) is 0 Å². The smallest absolute Gasteiger partial charge is 0.259 e. The first-order chi connectivity index (χ1) is 15.0. The van der Waals surface area contributed by atoms with Gasteiger partial charge in [-0.1, -0.05) is 48.5 Å². The van der Waals surface area contributed by atoms with Crippen LogP contribution >= 0.6 is 0 Å². The first kappa shape index (κ1) is 21.8. The van der Waals surface area contributed by atoms with Gasteiger partial charge in [-0.15, -0.1) is 0 Å². The van der Waals surface area contributed by atoms with Crippen molar-refractivity contribution in [2.75, 3.05) is 20.7 Å². The van der Waals surface area contributed by atoms with E-state index >= 15 is 0 Å². The van der Waals surface area contributed by atoms with Gasteiger partial charge in [0.05, 0.1) is 0 Å². The van der Waals surface area contributed by atoms with Gasteiger partial charge in [-0.3, -0.25) is 9.59 Å². The predicted octanol–water partition coefficient (Wildman–Crippen LogP) is 4.63. The summed E-state index contributed by atoms with van der Waals surface area (Å²) in [4.78, 5) is 25.4. The average Bonchev–Trinajstić information content (AvgIpc) is 2.81. The van der Waals surface area contributed by atoms with Crippen LogP contribution in [0.1, 0.15) is 21.5 Å². The Labute approximate surface area is 182 Å². The number of allylic oxidation sites excluding steroid dienone is 1. The molecule has 0 saturated carbocycles. The van der Waals surface area contributed by atoms with E-state index in [-0.39, 0.29) is 18.3 Å². The summed E-state index contributed by atoms with van der Waals surface area (Å²) in [6.45, 7) is 0.475. The van der Waals surface area contributed by atoms with Gasteiger partial charge in [0, 0.05) is 19.7 Å². The van der Waals surface area contributed by atoms with E-state index in [9.17, 15) is 9.59 Å². The lowest BCUT2D eigenvalue weighted by molar-refractivity contribution is -0.130. The SMILES string of the molecule is CN(C)C(=O)COc1ccc(C(=O)C=Cc2ccc(OCc3ccccc3)cc2)cc1. The minimum atomic E-state index is -0.125. The highest BCUT2D eigenvalue weighted by molar-refractivity contribution is 6.06. The summed E-state index contributed by atoms with van der Waals surface area (Å²) in [5.74, 6) is 1.08. The molecule has 0 radical (unpaired) electrons. The molecule has 3 rings (SSSR count). The summed E-state index contributed by atoms with van der Waals surface area (Å²) < 4.78 is 11.2. The van der Waals surface area contributed by atoms with Crippen molar-refractivity contribution < 1.29 is 19.1 Å². The lowest BCUT2D eigenvalue weighted by Gasteiger charge is -2.11. The minimum Gasteiger partial charge on any atom is -0.489 e. The zero-order valence-electron chi connectivity index (χ0n) is 17.7. The number of carbonyl (C=O) groups excluding carboxylic acids is 2. The number of hydrogen-bond donors (Lipinski definition) is 0. The number of amides is 1. The van der Waals surface area contributed by atoms with E-state index in [0.29, 0.717) is 17.9 Å². The third-order valence-electron chi connectivity index (χ3n) is 4.56. The normalized spacial score (nSPS) is 10.6. The van der Waals surface area contributed by atoms with Crippen LogP contribution in [-0.4, -0.2) is 37.3 Å². The van der Waals surface area contributed by atoms with Crippen molar-refractivity contribution in [3.05, 3.63) is 102 Å². The second-order valence-electron chi connectivity index (χ2n) is 7.14. The first-order valence-corrected chi connectivity index (χ1v) is 9.93. The van der Waals surface area contributed by atoms with E-state index in [4.69, 9.17) is 9.47 Å². The molecule has 0 bridgehead atoms. The Hall–Kier alpha value is -3.86. The Morgan fingerprint density at radius 2 is 1.42 bits per heavy atom. The third kappa shape index (κ3) is 6.85. The molecule has 0 aliphatic heterocycles. The molecule has 3 aromatic rings. The van der Waals surface area contributed by atoms with E-state index in [1.807, 2.05) is 54.6 Å². The van der Waals surface area contributed by atoms with Gasteiger partial charge < -0.3 is 14.4 Å². The lowest BCUT2D eigenvalue weighted by atomic mass is 10.1. The third-order valence-corrected chi connectivity index (χ3v) is 4.56. The van der Waals surface area contributed by atoms with Crippen LogP contribution in [0, 0.1) is 0 Å². The van der Waals surface area contributed by atoms with Gasteiger partial charge in [0.1, 0.15) is 18.1 Å². The molecule has 0 spiro atoms. The van der Waals surface area contributed by atoms with Crippen LogP contribution in [0.5, 0.6) is 11.5 Å². The number of hydrogen-bond acceptors (Lipinski definition) is 4. The molecule has 0 aliphatic rings. The zero-order chi connectivity index (χ0) is 22.1.